The number of primary sulfonamides is 1. The minimum atomic E-state index is -3.88. The highest BCUT2D eigenvalue weighted by Crippen LogP contribution is 2.28. The summed E-state index contributed by atoms with van der Waals surface area (Å²) in [5.74, 6) is -0.478. The van der Waals surface area contributed by atoms with Crippen molar-refractivity contribution in [3.8, 4) is 16.8 Å². The van der Waals surface area contributed by atoms with Crippen LogP contribution in [0, 0.1) is 0 Å². The van der Waals surface area contributed by atoms with Crippen LogP contribution in [0.15, 0.2) is 94.3 Å². The molecule has 35 heavy (non-hydrogen) atoms. The van der Waals surface area contributed by atoms with E-state index in [1.807, 2.05) is 36.4 Å². The van der Waals surface area contributed by atoms with Crippen molar-refractivity contribution in [1.82, 2.24) is 20.2 Å². The van der Waals surface area contributed by atoms with Gasteiger partial charge in [-0.3, -0.25) is 4.79 Å². The van der Waals surface area contributed by atoms with Gasteiger partial charge in [0.25, 0.3) is 5.91 Å². The lowest BCUT2D eigenvalue weighted by Crippen LogP contribution is -2.18. The SMILES string of the molecule is NS(=O)(=O)c1ccccc1-c1ccc(NC(=O)c2nnnn2-c2ccc3cc(Br)ccc3c2)cc1. The lowest BCUT2D eigenvalue weighted by molar-refractivity contribution is 0.101. The number of fused-ring (bicyclic) bond motifs is 1. The number of tetrazole rings is 1. The molecule has 0 atom stereocenters. The van der Waals surface area contributed by atoms with E-state index in [2.05, 4.69) is 36.8 Å². The summed E-state index contributed by atoms with van der Waals surface area (Å²) in [6.45, 7) is 0. The first-order chi connectivity index (χ1) is 16.8. The monoisotopic (exact) mass is 548 g/mol. The number of sulfonamides is 1. The highest BCUT2D eigenvalue weighted by molar-refractivity contribution is 9.10. The van der Waals surface area contributed by atoms with Crippen molar-refractivity contribution in [3.05, 3.63) is 95.2 Å². The Labute approximate surface area is 208 Å². The zero-order chi connectivity index (χ0) is 24.6. The molecule has 3 N–H and O–H groups in total. The third kappa shape index (κ3) is 4.69. The number of halogens is 1. The predicted molar refractivity (Wildman–Crippen MR) is 136 cm³/mol. The second kappa shape index (κ2) is 9.02. The van der Waals surface area contributed by atoms with Crippen LogP contribution in [0.2, 0.25) is 0 Å². The number of carbonyl (C=O) groups excluding carboxylic acids is 1. The molecule has 5 rings (SSSR count). The molecule has 0 aliphatic rings. The topological polar surface area (TPSA) is 133 Å². The summed E-state index contributed by atoms with van der Waals surface area (Å²) in [6.07, 6.45) is 0. The van der Waals surface area contributed by atoms with Gasteiger partial charge >= 0.3 is 0 Å². The summed E-state index contributed by atoms with van der Waals surface area (Å²) in [5, 5.41) is 21.6. The standard InChI is InChI=1S/C24H17BrN6O3S/c25-18-9-5-17-14-20(12-8-16(17)13-18)31-23(28-29-30-31)24(32)27-19-10-6-15(7-11-19)21-3-1-2-4-22(21)35(26,33)34/h1-14H,(H,27,32)(H2,26,33,34). The van der Waals surface area contributed by atoms with Gasteiger partial charge in [-0.2, -0.15) is 4.68 Å². The van der Waals surface area contributed by atoms with Crippen LogP contribution in [0.5, 0.6) is 0 Å². The zero-order valence-electron chi connectivity index (χ0n) is 18.0. The molecule has 0 saturated carbocycles. The number of benzene rings is 4. The average Bonchev–Trinajstić information content (AvgIpc) is 3.34. The number of aromatic nitrogens is 4. The van der Waals surface area contributed by atoms with E-state index in [0.29, 0.717) is 22.5 Å². The molecule has 1 heterocycles. The van der Waals surface area contributed by atoms with E-state index in [9.17, 15) is 13.2 Å². The molecule has 0 radical (unpaired) electrons. The molecule has 1 amide bonds. The van der Waals surface area contributed by atoms with Crippen LogP contribution in [0.3, 0.4) is 0 Å². The summed E-state index contributed by atoms with van der Waals surface area (Å²) >= 11 is 3.46. The van der Waals surface area contributed by atoms with Crippen molar-refractivity contribution in [2.45, 2.75) is 4.90 Å². The van der Waals surface area contributed by atoms with Gasteiger partial charge in [0.15, 0.2) is 0 Å². The largest absolute Gasteiger partial charge is 0.319 e. The lowest BCUT2D eigenvalue weighted by Gasteiger charge is -2.10. The maximum atomic E-state index is 12.9. The number of hydrogen-bond donors (Lipinski definition) is 2. The maximum absolute atomic E-state index is 12.9. The predicted octanol–water partition coefficient (Wildman–Crippen LogP) is 4.14. The Morgan fingerprint density at radius 2 is 1.63 bits per heavy atom. The first kappa shape index (κ1) is 22.8. The molecule has 0 aliphatic carbocycles. The summed E-state index contributed by atoms with van der Waals surface area (Å²) in [4.78, 5) is 13.0. The Bertz CT molecular complexity index is 1680. The van der Waals surface area contributed by atoms with Crippen LogP contribution >= 0.6 is 15.9 Å². The summed E-state index contributed by atoms with van der Waals surface area (Å²) in [6, 6.07) is 24.7. The second-order valence-corrected chi connectivity index (χ2v) is 10.1. The van der Waals surface area contributed by atoms with Crippen molar-refractivity contribution in [3.63, 3.8) is 0 Å². The molecule has 0 fully saturated rings. The van der Waals surface area contributed by atoms with E-state index in [1.165, 1.54) is 10.7 Å². The number of nitrogens with one attached hydrogen (secondary N) is 1. The highest BCUT2D eigenvalue weighted by atomic mass is 79.9. The second-order valence-electron chi connectivity index (χ2n) is 7.66. The molecule has 11 heteroatoms. The van der Waals surface area contributed by atoms with E-state index in [4.69, 9.17) is 5.14 Å². The molecular weight excluding hydrogens is 532 g/mol. The van der Waals surface area contributed by atoms with Gasteiger partial charge in [-0.1, -0.05) is 58.4 Å². The minimum Gasteiger partial charge on any atom is -0.319 e. The normalized spacial score (nSPS) is 11.5. The summed E-state index contributed by atoms with van der Waals surface area (Å²) in [5.41, 5.74) is 2.25. The van der Waals surface area contributed by atoms with Gasteiger partial charge in [-0.05, 0) is 69.2 Å². The Morgan fingerprint density at radius 3 is 2.40 bits per heavy atom. The smallest absolute Gasteiger partial charge is 0.295 e. The average molecular weight is 549 g/mol. The number of hydrogen-bond acceptors (Lipinski definition) is 6. The van der Waals surface area contributed by atoms with Crippen molar-refractivity contribution in [2.24, 2.45) is 5.14 Å². The van der Waals surface area contributed by atoms with E-state index in [0.717, 1.165) is 15.2 Å². The molecule has 0 aliphatic heterocycles. The number of rotatable bonds is 5. The Morgan fingerprint density at radius 1 is 0.914 bits per heavy atom. The molecule has 5 aromatic rings. The Balaban J connectivity index is 1.40. The third-order valence-corrected chi connectivity index (χ3v) is 6.81. The van der Waals surface area contributed by atoms with E-state index < -0.39 is 15.9 Å². The van der Waals surface area contributed by atoms with Crippen LogP contribution in [0.1, 0.15) is 10.6 Å². The molecular formula is C24H17BrN6O3S. The molecule has 0 saturated heterocycles. The van der Waals surface area contributed by atoms with Gasteiger partial charge in [-0.15, -0.1) is 5.10 Å². The van der Waals surface area contributed by atoms with Crippen molar-refractivity contribution in [1.29, 1.82) is 0 Å². The summed E-state index contributed by atoms with van der Waals surface area (Å²) in [7, 11) is -3.88. The van der Waals surface area contributed by atoms with Crippen molar-refractivity contribution >= 4 is 48.3 Å². The number of anilines is 1. The van der Waals surface area contributed by atoms with Crippen LogP contribution in [0.4, 0.5) is 5.69 Å². The van der Waals surface area contributed by atoms with Gasteiger partial charge in [0.1, 0.15) is 0 Å². The molecule has 0 unspecified atom stereocenters. The lowest BCUT2D eigenvalue weighted by atomic mass is 10.1. The van der Waals surface area contributed by atoms with Crippen LogP contribution in [-0.2, 0) is 10.0 Å². The van der Waals surface area contributed by atoms with Gasteiger partial charge in [0.2, 0.25) is 15.8 Å². The minimum absolute atomic E-state index is 0.0186. The van der Waals surface area contributed by atoms with E-state index >= 15 is 0 Å². The number of nitrogens with two attached hydrogens (primary N) is 1. The quantitative estimate of drug-likeness (QED) is 0.339. The third-order valence-electron chi connectivity index (χ3n) is 5.35. The maximum Gasteiger partial charge on any atom is 0.295 e. The molecule has 0 bridgehead atoms. The highest BCUT2D eigenvalue weighted by Gasteiger charge is 2.18. The number of amides is 1. The molecule has 0 spiro atoms. The van der Waals surface area contributed by atoms with E-state index in [-0.39, 0.29) is 10.7 Å². The fourth-order valence-corrected chi connectivity index (χ4v) is 4.85. The fraction of sp³-hybridized carbons (Fsp3) is 0. The molecule has 174 valence electrons. The van der Waals surface area contributed by atoms with Gasteiger partial charge in [0, 0.05) is 15.7 Å². The molecule has 4 aromatic carbocycles. The van der Waals surface area contributed by atoms with Crippen LogP contribution in [-0.4, -0.2) is 34.5 Å². The first-order valence-electron chi connectivity index (χ1n) is 10.3. The van der Waals surface area contributed by atoms with Crippen molar-refractivity contribution in [2.75, 3.05) is 5.32 Å². The molecule has 9 nitrogen and oxygen atoms in total. The van der Waals surface area contributed by atoms with Gasteiger partial charge in [0.05, 0.1) is 10.6 Å². The van der Waals surface area contributed by atoms with Gasteiger partial charge in [-0.25, -0.2) is 13.6 Å². The zero-order valence-corrected chi connectivity index (χ0v) is 20.4. The van der Waals surface area contributed by atoms with Crippen LogP contribution < -0.4 is 10.5 Å². The summed E-state index contributed by atoms with van der Waals surface area (Å²) < 4.78 is 26.1. The van der Waals surface area contributed by atoms with Gasteiger partial charge < -0.3 is 5.32 Å². The Hall–Kier alpha value is -3.93. The Kier molecular flexibility index (Phi) is 5.89. The first-order valence-corrected chi connectivity index (χ1v) is 12.7. The van der Waals surface area contributed by atoms with E-state index in [1.54, 1.807) is 42.5 Å². The number of nitrogens with zero attached hydrogens (tertiary/aromatic N) is 4. The molecule has 1 aromatic heterocycles. The van der Waals surface area contributed by atoms with Crippen LogP contribution in [0.25, 0.3) is 27.6 Å². The van der Waals surface area contributed by atoms with Crippen molar-refractivity contribution < 1.29 is 13.2 Å². The fourth-order valence-electron chi connectivity index (χ4n) is 3.71. The number of carbonyl (C=O) groups is 1.